The van der Waals surface area contributed by atoms with Gasteiger partial charge in [0, 0.05) is 31.3 Å². The van der Waals surface area contributed by atoms with Crippen molar-refractivity contribution in [3.05, 3.63) is 59.7 Å². The molecule has 0 aliphatic heterocycles. The zero-order valence-electron chi connectivity index (χ0n) is 19.5. The fourth-order valence-electron chi connectivity index (χ4n) is 5.30. The summed E-state index contributed by atoms with van der Waals surface area (Å²) in [4.78, 5) is 35.5. The van der Waals surface area contributed by atoms with E-state index in [4.69, 9.17) is 9.84 Å². The lowest BCUT2D eigenvalue weighted by atomic mass is 9.98. The second kappa shape index (κ2) is 10.7. The van der Waals surface area contributed by atoms with Gasteiger partial charge in [0.05, 0.1) is 0 Å². The number of hydrogen-bond donors (Lipinski definition) is 3. The van der Waals surface area contributed by atoms with E-state index in [1.165, 1.54) is 11.1 Å². The van der Waals surface area contributed by atoms with E-state index < -0.39 is 12.1 Å². The second-order valence-corrected chi connectivity index (χ2v) is 9.52. The molecular formula is C27H32N2O5. The third-order valence-electron chi connectivity index (χ3n) is 6.90. The smallest absolute Gasteiger partial charge is 0.407 e. The molecule has 2 unspecified atom stereocenters. The molecule has 0 saturated heterocycles. The quantitative estimate of drug-likeness (QED) is 0.513. The van der Waals surface area contributed by atoms with Gasteiger partial charge in [0.25, 0.3) is 0 Å². The number of nitrogens with one attached hydrogen (secondary N) is 2. The summed E-state index contributed by atoms with van der Waals surface area (Å²) < 4.78 is 5.55. The lowest BCUT2D eigenvalue weighted by molar-refractivity contribution is -0.138. The zero-order chi connectivity index (χ0) is 24.1. The first kappa shape index (κ1) is 23.8. The number of carbonyl (C=O) groups is 3. The number of rotatable bonds is 9. The summed E-state index contributed by atoms with van der Waals surface area (Å²) in [5.74, 6) is -0.378. The van der Waals surface area contributed by atoms with Crippen molar-refractivity contribution in [2.24, 2.45) is 11.8 Å². The van der Waals surface area contributed by atoms with Crippen LogP contribution in [0.3, 0.4) is 0 Å². The van der Waals surface area contributed by atoms with Crippen LogP contribution in [0.4, 0.5) is 4.79 Å². The molecule has 7 nitrogen and oxygen atoms in total. The first-order valence-electron chi connectivity index (χ1n) is 12.0. The Morgan fingerprint density at radius 3 is 2.26 bits per heavy atom. The molecule has 2 aromatic rings. The summed E-state index contributed by atoms with van der Waals surface area (Å²) in [5, 5.41) is 14.6. The number of aliphatic carboxylic acids is 1. The minimum atomic E-state index is -0.761. The number of ether oxygens (including phenoxy) is 1. The fraction of sp³-hybridized carbons (Fsp3) is 0.444. The van der Waals surface area contributed by atoms with Gasteiger partial charge in [0.1, 0.15) is 6.61 Å². The van der Waals surface area contributed by atoms with E-state index >= 15 is 0 Å². The lowest BCUT2D eigenvalue weighted by Crippen LogP contribution is -2.39. The Kier molecular flexibility index (Phi) is 7.50. The molecule has 0 spiro atoms. The first-order chi connectivity index (χ1) is 16.4. The van der Waals surface area contributed by atoms with Gasteiger partial charge in [-0.2, -0.15) is 0 Å². The molecule has 1 saturated carbocycles. The molecule has 34 heavy (non-hydrogen) atoms. The standard InChI is InChI=1S/C27H32N2O5/c1-17(12-25(30)28-15-19-11-10-18(13-19)14-26(31)32)29-27(33)34-16-24-22-8-4-2-6-20(22)21-7-3-5-9-23(21)24/h2-9,17-19,24H,10-16H2,1H3,(H,28,30)(H,29,33)(H,31,32)/t17-,18?,19?/m1/s1. The van der Waals surface area contributed by atoms with Crippen LogP contribution < -0.4 is 10.6 Å². The van der Waals surface area contributed by atoms with Gasteiger partial charge in [0.2, 0.25) is 5.91 Å². The average Bonchev–Trinajstić information content (AvgIpc) is 3.38. The number of hydrogen-bond acceptors (Lipinski definition) is 4. The Hall–Kier alpha value is -3.35. The van der Waals surface area contributed by atoms with Crippen molar-refractivity contribution in [2.75, 3.05) is 13.2 Å². The van der Waals surface area contributed by atoms with Gasteiger partial charge >= 0.3 is 12.1 Å². The van der Waals surface area contributed by atoms with Gasteiger partial charge in [-0.1, -0.05) is 48.5 Å². The number of alkyl carbamates (subject to hydrolysis) is 1. The van der Waals surface area contributed by atoms with Gasteiger partial charge in [-0.15, -0.1) is 0 Å². The molecule has 180 valence electrons. The highest BCUT2D eigenvalue weighted by Crippen LogP contribution is 2.44. The number of benzene rings is 2. The number of carboxylic acid groups (broad SMARTS) is 1. The molecule has 0 heterocycles. The van der Waals surface area contributed by atoms with E-state index in [0.717, 1.165) is 30.4 Å². The Morgan fingerprint density at radius 1 is 1.00 bits per heavy atom. The predicted octanol–water partition coefficient (Wildman–Crippen LogP) is 4.31. The minimum Gasteiger partial charge on any atom is -0.481 e. The maximum Gasteiger partial charge on any atom is 0.407 e. The SMILES string of the molecule is C[C@H](CC(=O)NCC1CCC(CC(=O)O)C1)NC(=O)OCC1c2ccccc2-c2ccccc21. The maximum atomic E-state index is 12.4. The predicted molar refractivity (Wildman–Crippen MR) is 128 cm³/mol. The van der Waals surface area contributed by atoms with Crippen molar-refractivity contribution in [1.29, 1.82) is 0 Å². The van der Waals surface area contributed by atoms with Gasteiger partial charge in [-0.05, 0) is 60.3 Å². The monoisotopic (exact) mass is 464 g/mol. The molecule has 0 aromatic heterocycles. The van der Waals surface area contributed by atoms with Crippen molar-refractivity contribution in [3.8, 4) is 11.1 Å². The zero-order valence-corrected chi connectivity index (χ0v) is 19.5. The molecular weight excluding hydrogens is 432 g/mol. The van der Waals surface area contributed by atoms with Crippen LogP contribution in [0.5, 0.6) is 0 Å². The molecule has 0 bridgehead atoms. The third kappa shape index (κ3) is 5.76. The highest BCUT2D eigenvalue weighted by atomic mass is 16.5. The van der Waals surface area contributed by atoms with Crippen molar-refractivity contribution in [3.63, 3.8) is 0 Å². The van der Waals surface area contributed by atoms with Crippen LogP contribution in [0, 0.1) is 11.8 Å². The molecule has 2 aliphatic rings. The van der Waals surface area contributed by atoms with Crippen LogP contribution in [0.15, 0.2) is 48.5 Å². The van der Waals surface area contributed by atoms with Crippen LogP contribution in [-0.2, 0) is 14.3 Å². The summed E-state index contributed by atoms with van der Waals surface area (Å²) in [6, 6.07) is 16.0. The van der Waals surface area contributed by atoms with E-state index in [-0.39, 0.29) is 43.2 Å². The maximum absolute atomic E-state index is 12.4. The van der Waals surface area contributed by atoms with Gasteiger partial charge in [-0.25, -0.2) is 4.79 Å². The molecule has 7 heteroatoms. The Balaban J connectivity index is 1.20. The first-order valence-corrected chi connectivity index (χ1v) is 12.0. The van der Waals surface area contributed by atoms with Crippen molar-refractivity contribution < 1.29 is 24.2 Å². The van der Waals surface area contributed by atoms with E-state index in [1.807, 2.05) is 24.3 Å². The fourth-order valence-corrected chi connectivity index (χ4v) is 5.30. The average molecular weight is 465 g/mol. The van der Waals surface area contributed by atoms with Crippen molar-refractivity contribution in [1.82, 2.24) is 10.6 Å². The largest absolute Gasteiger partial charge is 0.481 e. The minimum absolute atomic E-state index is 0.00637. The molecule has 2 aromatic carbocycles. The van der Waals surface area contributed by atoms with E-state index in [2.05, 4.69) is 34.9 Å². The summed E-state index contributed by atoms with van der Waals surface area (Å²) in [6.07, 6.45) is 2.49. The normalized spacial score (nSPS) is 19.7. The topological polar surface area (TPSA) is 105 Å². The molecule has 2 amide bonds. The molecule has 1 fully saturated rings. The van der Waals surface area contributed by atoms with Gasteiger partial charge in [-0.3, -0.25) is 9.59 Å². The van der Waals surface area contributed by atoms with Crippen molar-refractivity contribution in [2.45, 2.75) is 51.0 Å². The number of fused-ring (bicyclic) bond motifs is 3. The van der Waals surface area contributed by atoms with E-state index in [1.54, 1.807) is 6.92 Å². The molecule has 3 atom stereocenters. The Labute approximate surface area is 199 Å². The summed E-state index contributed by atoms with van der Waals surface area (Å²) in [6.45, 7) is 2.56. The molecule has 3 N–H and O–H groups in total. The van der Waals surface area contributed by atoms with Gasteiger partial charge < -0.3 is 20.5 Å². The Morgan fingerprint density at radius 2 is 1.62 bits per heavy atom. The second-order valence-electron chi connectivity index (χ2n) is 9.52. The van der Waals surface area contributed by atoms with Crippen LogP contribution in [0.1, 0.15) is 56.1 Å². The lowest BCUT2D eigenvalue weighted by Gasteiger charge is -2.18. The number of carbonyl (C=O) groups excluding carboxylic acids is 2. The van der Waals surface area contributed by atoms with Crippen molar-refractivity contribution >= 4 is 18.0 Å². The highest BCUT2D eigenvalue weighted by molar-refractivity contribution is 5.79. The molecule has 4 rings (SSSR count). The number of carboxylic acids is 1. The van der Waals surface area contributed by atoms with E-state index in [0.29, 0.717) is 12.5 Å². The highest BCUT2D eigenvalue weighted by Gasteiger charge is 2.29. The summed E-state index contributed by atoms with van der Waals surface area (Å²) >= 11 is 0. The van der Waals surface area contributed by atoms with Crippen LogP contribution in [0.2, 0.25) is 0 Å². The van der Waals surface area contributed by atoms with Crippen LogP contribution in [0.25, 0.3) is 11.1 Å². The van der Waals surface area contributed by atoms with Crippen LogP contribution in [-0.4, -0.2) is 42.3 Å². The Bertz CT molecular complexity index is 1010. The number of amides is 2. The van der Waals surface area contributed by atoms with Crippen LogP contribution >= 0.6 is 0 Å². The summed E-state index contributed by atoms with van der Waals surface area (Å²) in [7, 11) is 0. The third-order valence-corrected chi connectivity index (χ3v) is 6.90. The molecule has 2 aliphatic carbocycles. The summed E-state index contributed by atoms with van der Waals surface area (Å²) in [5.41, 5.74) is 4.66. The van der Waals surface area contributed by atoms with E-state index in [9.17, 15) is 14.4 Å². The molecule has 0 radical (unpaired) electrons. The van der Waals surface area contributed by atoms with Gasteiger partial charge in [0.15, 0.2) is 0 Å².